The molecule has 0 aliphatic carbocycles. The van der Waals surface area contributed by atoms with Crippen LogP contribution < -0.4 is 10.6 Å². The number of guanidine groups is 1. The number of methoxy groups -OCH3 is 1. The summed E-state index contributed by atoms with van der Waals surface area (Å²) in [6.45, 7) is 11.4. The van der Waals surface area contributed by atoms with E-state index in [4.69, 9.17) is 4.74 Å². The first-order valence-electron chi connectivity index (χ1n) is 10.8. The van der Waals surface area contributed by atoms with Crippen LogP contribution in [0, 0.1) is 5.41 Å². The summed E-state index contributed by atoms with van der Waals surface area (Å²) in [4.78, 5) is 4.99. The summed E-state index contributed by atoms with van der Waals surface area (Å²) in [6.07, 6.45) is 3.00. The molecule has 1 aliphatic heterocycles. The van der Waals surface area contributed by atoms with Crippen LogP contribution in [0.1, 0.15) is 52.5 Å². The van der Waals surface area contributed by atoms with Crippen LogP contribution in [0.3, 0.4) is 0 Å². The van der Waals surface area contributed by atoms with Crippen molar-refractivity contribution in [2.24, 2.45) is 10.4 Å². The standard InChI is InChI=1S/C22H38N4O3S.HI/c1-6-23-21(25-17-20(29-5)22(2,3)4)24-16-18-11-10-12-19(15-18)30(27,28)26-13-8-7-9-14-26;/h10-12,15,20H,6-9,13-14,16-17H2,1-5H3,(H2,23,24,25);1H. The molecule has 1 aromatic carbocycles. The van der Waals surface area contributed by atoms with Gasteiger partial charge in [-0.3, -0.25) is 0 Å². The quantitative estimate of drug-likeness (QED) is 0.286. The van der Waals surface area contributed by atoms with Gasteiger partial charge in [-0.1, -0.05) is 39.3 Å². The van der Waals surface area contributed by atoms with Crippen molar-refractivity contribution in [2.45, 2.75) is 64.5 Å². The van der Waals surface area contributed by atoms with E-state index in [1.54, 1.807) is 29.6 Å². The Labute approximate surface area is 205 Å². The molecule has 0 bridgehead atoms. The predicted octanol–water partition coefficient (Wildman–Crippen LogP) is 3.60. The number of nitrogens with zero attached hydrogens (tertiary/aromatic N) is 2. The van der Waals surface area contributed by atoms with E-state index >= 15 is 0 Å². The lowest BCUT2D eigenvalue weighted by Gasteiger charge is -2.30. The van der Waals surface area contributed by atoms with Crippen LogP contribution in [0.4, 0.5) is 0 Å². The summed E-state index contributed by atoms with van der Waals surface area (Å²) in [5, 5.41) is 6.57. The largest absolute Gasteiger partial charge is 0.379 e. The third-order valence-corrected chi connectivity index (χ3v) is 7.22. The molecule has 31 heavy (non-hydrogen) atoms. The highest BCUT2D eigenvalue weighted by Gasteiger charge is 2.26. The van der Waals surface area contributed by atoms with Gasteiger partial charge in [0.05, 0.1) is 17.5 Å². The van der Waals surface area contributed by atoms with Crippen LogP contribution in [-0.4, -0.2) is 58.1 Å². The van der Waals surface area contributed by atoms with Crippen LogP contribution >= 0.6 is 24.0 Å². The van der Waals surface area contributed by atoms with Gasteiger partial charge in [0.2, 0.25) is 10.0 Å². The van der Waals surface area contributed by atoms with Gasteiger partial charge >= 0.3 is 0 Å². The number of sulfonamides is 1. The molecule has 0 saturated carbocycles. The summed E-state index contributed by atoms with van der Waals surface area (Å²) in [6, 6.07) is 7.12. The van der Waals surface area contributed by atoms with E-state index in [-0.39, 0.29) is 35.5 Å². The Hall–Kier alpha value is -0.910. The van der Waals surface area contributed by atoms with Crippen molar-refractivity contribution in [3.63, 3.8) is 0 Å². The van der Waals surface area contributed by atoms with E-state index in [0.717, 1.165) is 31.4 Å². The third kappa shape index (κ3) is 8.51. The molecule has 7 nitrogen and oxygen atoms in total. The average Bonchev–Trinajstić information content (AvgIpc) is 2.72. The lowest BCUT2D eigenvalue weighted by atomic mass is 9.89. The number of hydrogen-bond acceptors (Lipinski definition) is 4. The summed E-state index contributed by atoms with van der Waals surface area (Å²) in [5.41, 5.74) is 0.875. The van der Waals surface area contributed by atoms with Gasteiger partial charge in [-0.2, -0.15) is 4.31 Å². The molecule has 1 aromatic rings. The maximum Gasteiger partial charge on any atom is 0.243 e. The molecule has 1 unspecified atom stereocenters. The van der Waals surface area contributed by atoms with Crippen molar-refractivity contribution in [3.8, 4) is 0 Å². The minimum Gasteiger partial charge on any atom is -0.379 e. The normalized spacial score (nSPS) is 17.0. The second kappa shape index (κ2) is 13.0. The molecule has 1 heterocycles. The predicted molar refractivity (Wildman–Crippen MR) is 138 cm³/mol. The van der Waals surface area contributed by atoms with Crippen molar-refractivity contribution in [1.29, 1.82) is 0 Å². The molecule has 0 aromatic heterocycles. The first kappa shape index (κ1) is 28.1. The van der Waals surface area contributed by atoms with E-state index in [2.05, 4.69) is 36.4 Å². The Balaban J connectivity index is 0.00000480. The Morgan fingerprint density at radius 3 is 2.45 bits per heavy atom. The van der Waals surface area contributed by atoms with E-state index in [9.17, 15) is 8.42 Å². The number of hydrogen-bond donors (Lipinski definition) is 2. The highest BCUT2D eigenvalue weighted by atomic mass is 127. The molecule has 1 atom stereocenters. The Morgan fingerprint density at radius 2 is 1.87 bits per heavy atom. The Bertz CT molecular complexity index is 803. The molecule has 0 spiro atoms. The number of halogens is 1. The van der Waals surface area contributed by atoms with Crippen molar-refractivity contribution >= 4 is 40.0 Å². The molecule has 2 rings (SSSR count). The fraction of sp³-hybridized carbons (Fsp3) is 0.682. The summed E-state index contributed by atoms with van der Waals surface area (Å²) in [7, 11) is -1.72. The molecular formula is C22H39IN4O3S. The minimum atomic E-state index is -3.44. The summed E-state index contributed by atoms with van der Waals surface area (Å²) < 4.78 is 33.1. The van der Waals surface area contributed by atoms with Gasteiger partial charge in [-0.15, -0.1) is 24.0 Å². The van der Waals surface area contributed by atoms with Crippen LogP contribution in [0.15, 0.2) is 34.2 Å². The highest BCUT2D eigenvalue weighted by Crippen LogP contribution is 2.22. The van der Waals surface area contributed by atoms with Gasteiger partial charge in [0.25, 0.3) is 0 Å². The fourth-order valence-electron chi connectivity index (χ4n) is 3.50. The lowest BCUT2D eigenvalue weighted by Crippen LogP contribution is -2.45. The first-order chi connectivity index (χ1) is 14.2. The van der Waals surface area contributed by atoms with Gasteiger partial charge < -0.3 is 15.4 Å². The van der Waals surface area contributed by atoms with Crippen molar-refractivity contribution in [1.82, 2.24) is 14.9 Å². The van der Waals surface area contributed by atoms with E-state index in [1.807, 2.05) is 13.0 Å². The number of aliphatic imine (C=N–C) groups is 1. The molecule has 0 amide bonds. The smallest absolute Gasteiger partial charge is 0.243 e. The van der Waals surface area contributed by atoms with Crippen molar-refractivity contribution < 1.29 is 13.2 Å². The molecule has 2 N–H and O–H groups in total. The third-order valence-electron chi connectivity index (χ3n) is 5.32. The summed E-state index contributed by atoms with van der Waals surface area (Å²) >= 11 is 0. The van der Waals surface area contributed by atoms with Gasteiger partial charge in [-0.25, -0.2) is 13.4 Å². The van der Waals surface area contributed by atoms with Gasteiger partial charge in [0.1, 0.15) is 0 Å². The molecule has 9 heteroatoms. The lowest BCUT2D eigenvalue weighted by molar-refractivity contribution is 0.0205. The molecule has 178 valence electrons. The minimum absolute atomic E-state index is 0. The first-order valence-corrected chi connectivity index (χ1v) is 12.3. The molecular weight excluding hydrogens is 527 g/mol. The van der Waals surface area contributed by atoms with E-state index in [0.29, 0.717) is 37.0 Å². The van der Waals surface area contributed by atoms with Crippen LogP contribution in [0.5, 0.6) is 0 Å². The van der Waals surface area contributed by atoms with Crippen molar-refractivity contribution in [3.05, 3.63) is 29.8 Å². The van der Waals surface area contributed by atoms with Gasteiger partial charge in [0, 0.05) is 33.3 Å². The highest BCUT2D eigenvalue weighted by molar-refractivity contribution is 14.0. The number of nitrogens with one attached hydrogen (secondary N) is 2. The molecule has 1 aliphatic rings. The maximum atomic E-state index is 12.9. The zero-order chi connectivity index (χ0) is 22.2. The van der Waals surface area contributed by atoms with Crippen LogP contribution in [0.25, 0.3) is 0 Å². The zero-order valence-corrected chi connectivity index (χ0v) is 22.6. The zero-order valence-electron chi connectivity index (χ0n) is 19.5. The van der Waals surface area contributed by atoms with E-state index in [1.165, 1.54) is 0 Å². The molecule has 0 radical (unpaired) electrons. The second-order valence-electron chi connectivity index (χ2n) is 8.78. The van der Waals surface area contributed by atoms with Crippen LogP contribution in [-0.2, 0) is 21.3 Å². The Kier molecular flexibility index (Phi) is 11.8. The van der Waals surface area contributed by atoms with Crippen LogP contribution in [0.2, 0.25) is 0 Å². The topological polar surface area (TPSA) is 83.0 Å². The second-order valence-corrected chi connectivity index (χ2v) is 10.7. The monoisotopic (exact) mass is 566 g/mol. The van der Waals surface area contributed by atoms with Gasteiger partial charge in [-0.05, 0) is 42.9 Å². The number of ether oxygens (including phenoxy) is 1. The number of benzene rings is 1. The summed E-state index contributed by atoms with van der Waals surface area (Å²) in [5.74, 6) is 0.688. The maximum absolute atomic E-state index is 12.9. The molecule has 1 fully saturated rings. The fourth-order valence-corrected chi connectivity index (χ4v) is 5.09. The number of piperidine rings is 1. The number of rotatable bonds is 8. The SMILES string of the molecule is CCNC(=NCc1cccc(S(=O)(=O)N2CCCCC2)c1)NCC(OC)C(C)(C)C.I. The average molecular weight is 567 g/mol. The Morgan fingerprint density at radius 1 is 1.19 bits per heavy atom. The van der Waals surface area contributed by atoms with E-state index < -0.39 is 10.0 Å². The van der Waals surface area contributed by atoms with Crippen molar-refractivity contribution in [2.75, 3.05) is 33.3 Å². The molecule has 1 saturated heterocycles. The van der Waals surface area contributed by atoms with Gasteiger partial charge in [0.15, 0.2) is 5.96 Å².